The number of anilines is 3. The number of carbonyl (C=O) groups is 2. The summed E-state index contributed by atoms with van der Waals surface area (Å²) in [6.45, 7) is 12.7. The van der Waals surface area contributed by atoms with Crippen LogP contribution in [0.2, 0.25) is 5.02 Å². The molecule has 2 amide bonds. The van der Waals surface area contributed by atoms with E-state index in [0.29, 0.717) is 23.5 Å². The third-order valence-electron chi connectivity index (χ3n) is 5.82. The van der Waals surface area contributed by atoms with E-state index in [1.165, 1.54) is 12.1 Å². The molecular formula is C29H34ClFN6O3. The highest BCUT2D eigenvalue weighted by Gasteiger charge is 2.30. The Morgan fingerprint density at radius 1 is 1.25 bits per heavy atom. The van der Waals surface area contributed by atoms with Gasteiger partial charge in [-0.25, -0.2) is 14.1 Å². The summed E-state index contributed by atoms with van der Waals surface area (Å²) in [6.07, 6.45) is 0.265. The lowest BCUT2D eigenvalue weighted by Crippen LogP contribution is -2.43. The van der Waals surface area contributed by atoms with Gasteiger partial charge in [0.1, 0.15) is 17.3 Å². The Labute approximate surface area is 239 Å². The quantitative estimate of drug-likeness (QED) is 0.174. The standard InChI is InChI=1S/C29H34ClFN6O3/c1-6-26(38)35-24-18-21(25(33-5)16-19(24)8-7-13-36-14-11-34-12-15-36)27(32)37(28(39)40-29(2,3)4)20-9-10-23(31)22(30)17-20/h6,9-10,16-18,32-34H,1,11-15H2,2-5H3,(H,35,38). The number of carbonyl (C=O) groups excluding carboxylic acids is 2. The molecule has 1 aliphatic rings. The zero-order chi connectivity index (χ0) is 29.4. The minimum absolute atomic E-state index is 0.129. The first-order chi connectivity index (χ1) is 18.9. The summed E-state index contributed by atoms with van der Waals surface area (Å²) in [6, 6.07) is 6.92. The fourth-order valence-electron chi connectivity index (χ4n) is 3.89. The molecule has 0 bridgehead atoms. The number of nitrogens with zero attached hydrogens (tertiary/aromatic N) is 2. The number of nitrogens with one attached hydrogen (secondary N) is 4. The molecule has 1 aliphatic heterocycles. The van der Waals surface area contributed by atoms with Crippen LogP contribution in [0.4, 0.5) is 26.2 Å². The maximum absolute atomic E-state index is 14.0. The van der Waals surface area contributed by atoms with Gasteiger partial charge >= 0.3 is 6.09 Å². The minimum Gasteiger partial charge on any atom is -0.443 e. The van der Waals surface area contributed by atoms with E-state index in [-0.39, 0.29) is 22.1 Å². The van der Waals surface area contributed by atoms with E-state index in [2.05, 4.69) is 39.3 Å². The molecule has 9 nitrogen and oxygen atoms in total. The third-order valence-corrected chi connectivity index (χ3v) is 6.11. The summed E-state index contributed by atoms with van der Waals surface area (Å²) in [7, 11) is 1.67. The first-order valence-corrected chi connectivity index (χ1v) is 13.1. The second-order valence-corrected chi connectivity index (χ2v) is 10.4. The minimum atomic E-state index is -0.877. The van der Waals surface area contributed by atoms with E-state index < -0.39 is 23.4 Å². The fraction of sp³-hybridized carbons (Fsp3) is 0.345. The van der Waals surface area contributed by atoms with E-state index >= 15 is 0 Å². The molecule has 0 aliphatic carbocycles. The van der Waals surface area contributed by atoms with Gasteiger partial charge in [0, 0.05) is 44.5 Å². The predicted molar refractivity (Wildman–Crippen MR) is 158 cm³/mol. The number of hydrogen-bond donors (Lipinski definition) is 4. The second kappa shape index (κ2) is 13.4. The van der Waals surface area contributed by atoms with E-state index in [0.717, 1.165) is 43.2 Å². The van der Waals surface area contributed by atoms with Crippen molar-refractivity contribution < 1.29 is 18.7 Å². The lowest BCUT2D eigenvalue weighted by atomic mass is 10.0. The molecule has 0 spiro atoms. The van der Waals surface area contributed by atoms with Crippen LogP contribution in [0.1, 0.15) is 31.9 Å². The molecular weight excluding hydrogens is 535 g/mol. The molecule has 212 valence electrons. The number of rotatable bonds is 6. The maximum atomic E-state index is 14.0. The normalized spacial score (nSPS) is 13.4. The first-order valence-electron chi connectivity index (χ1n) is 12.7. The number of amides is 2. The van der Waals surface area contributed by atoms with Crippen LogP contribution >= 0.6 is 11.6 Å². The largest absolute Gasteiger partial charge is 0.443 e. The number of amidine groups is 1. The Kier molecular flexibility index (Phi) is 10.3. The van der Waals surface area contributed by atoms with Crippen LogP contribution < -0.4 is 20.9 Å². The average molecular weight is 569 g/mol. The van der Waals surface area contributed by atoms with Crippen molar-refractivity contribution in [2.75, 3.05) is 55.3 Å². The van der Waals surface area contributed by atoms with Gasteiger partial charge in [-0.05, 0) is 57.2 Å². The molecule has 1 saturated heterocycles. The Morgan fingerprint density at radius 2 is 1.95 bits per heavy atom. The van der Waals surface area contributed by atoms with Crippen molar-refractivity contribution >= 4 is 46.5 Å². The molecule has 2 aromatic rings. The van der Waals surface area contributed by atoms with Gasteiger partial charge in [-0.15, -0.1) is 0 Å². The molecule has 4 N–H and O–H groups in total. The Bertz CT molecular complexity index is 1360. The summed E-state index contributed by atoms with van der Waals surface area (Å²) in [5.41, 5.74) is 0.815. The van der Waals surface area contributed by atoms with Crippen molar-refractivity contribution in [3.05, 3.63) is 65.0 Å². The van der Waals surface area contributed by atoms with Crippen LogP contribution in [0.15, 0.2) is 43.0 Å². The summed E-state index contributed by atoms with van der Waals surface area (Å²) in [5.74, 6) is 4.85. The molecule has 1 fully saturated rings. The summed E-state index contributed by atoms with van der Waals surface area (Å²) < 4.78 is 19.5. The third kappa shape index (κ3) is 8.05. The highest BCUT2D eigenvalue weighted by molar-refractivity contribution is 6.31. The van der Waals surface area contributed by atoms with Crippen molar-refractivity contribution in [2.45, 2.75) is 26.4 Å². The fourth-order valence-corrected chi connectivity index (χ4v) is 4.06. The van der Waals surface area contributed by atoms with E-state index in [1.54, 1.807) is 40.0 Å². The van der Waals surface area contributed by atoms with Crippen LogP contribution in [0.25, 0.3) is 0 Å². The van der Waals surface area contributed by atoms with Crippen LogP contribution in [-0.4, -0.2) is 68.1 Å². The van der Waals surface area contributed by atoms with Gasteiger partial charge in [-0.1, -0.05) is 30.0 Å². The van der Waals surface area contributed by atoms with Crippen LogP contribution in [0.5, 0.6) is 0 Å². The highest BCUT2D eigenvalue weighted by atomic mass is 35.5. The monoisotopic (exact) mass is 568 g/mol. The lowest BCUT2D eigenvalue weighted by molar-refractivity contribution is -0.111. The molecule has 0 atom stereocenters. The molecule has 0 saturated carbocycles. The Hall–Kier alpha value is -3.91. The Balaban J connectivity index is 2.09. The van der Waals surface area contributed by atoms with Crippen molar-refractivity contribution in [1.82, 2.24) is 10.2 Å². The molecule has 3 rings (SSSR count). The van der Waals surface area contributed by atoms with Crippen molar-refractivity contribution in [1.29, 1.82) is 5.41 Å². The SMILES string of the molecule is C=CC(=O)Nc1cc(C(=N)N(C(=O)OC(C)(C)C)c2ccc(F)c(Cl)c2)c(NC)cc1C#CCN1CCNCC1. The highest BCUT2D eigenvalue weighted by Crippen LogP contribution is 2.31. The molecule has 2 aromatic carbocycles. The van der Waals surface area contributed by atoms with Crippen molar-refractivity contribution in [3.63, 3.8) is 0 Å². The molecule has 40 heavy (non-hydrogen) atoms. The van der Waals surface area contributed by atoms with E-state index in [9.17, 15) is 14.0 Å². The van der Waals surface area contributed by atoms with Crippen molar-refractivity contribution in [2.24, 2.45) is 0 Å². The molecule has 0 unspecified atom stereocenters. The number of ether oxygens (including phenoxy) is 1. The number of benzene rings is 2. The van der Waals surface area contributed by atoms with Gasteiger partial charge in [0.05, 0.1) is 28.5 Å². The van der Waals surface area contributed by atoms with E-state index in [4.69, 9.17) is 21.7 Å². The number of hydrogen-bond acceptors (Lipinski definition) is 7. The zero-order valence-corrected chi connectivity index (χ0v) is 23.8. The Morgan fingerprint density at radius 3 is 2.55 bits per heavy atom. The van der Waals surface area contributed by atoms with Crippen LogP contribution in [0.3, 0.4) is 0 Å². The van der Waals surface area contributed by atoms with Crippen LogP contribution in [0, 0.1) is 23.1 Å². The first kappa shape index (κ1) is 30.6. The molecule has 0 radical (unpaired) electrons. The molecule has 1 heterocycles. The topological polar surface area (TPSA) is 110 Å². The van der Waals surface area contributed by atoms with Crippen LogP contribution in [-0.2, 0) is 9.53 Å². The predicted octanol–water partition coefficient (Wildman–Crippen LogP) is 4.67. The zero-order valence-electron chi connectivity index (χ0n) is 23.1. The number of halogens is 2. The summed E-state index contributed by atoms with van der Waals surface area (Å²) in [5, 5.41) is 17.9. The molecule has 0 aromatic heterocycles. The van der Waals surface area contributed by atoms with Gasteiger partial charge in [0.2, 0.25) is 5.91 Å². The van der Waals surface area contributed by atoms with Crippen molar-refractivity contribution in [3.8, 4) is 11.8 Å². The van der Waals surface area contributed by atoms with Gasteiger partial charge in [0.15, 0.2) is 0 Å². The summed E-state index contributed by atoms with van der Waals surface area (Å²) >= 11 is 6.01. The lowest BCUT2D eigenvalue weighted by Gasteiger charge is -2.29. The van der Waals surface area contributed by atoms with Gasteiger partial charge in [-0.3, -0.25) is 15.1 Å². The van der Waals surface area contributed by atoms with E-state index in [1.807, 2.05) is 0 Å². The maximum Gasteiger partial charge on any atom is 0.420 e. The summed E-state index contributed by atoms with van der Waals surface area (Å²) in [4.78, 5) is 28.8. The van der Waals surface area contributed by atoms with Gasteiger partial charge in [-0.2, -0.15) is 0 Å². The van der Waals surface area contributed by atoms with Gasteiger partial charge in [0.25, 0.3) is 0 Å². The molecule has 11 heteroatoms. The smallest absolute Gasteiger partial charge is 0.420 e. The number of piperazine rings is 1. The van der Waals surface area contributed by atoms with Gasteiger partial charge < -0.3 is 20.7 Å². The average Bonchev–Trinajstić information content (AvgIpc) is 2.90. The second-order valence-electron chi connectivity index (χ2n) is 9.98.